The van der Waals surface area contributed by atoms with Crippen molar-refractivity contribution in [3.63, 3.8) is 0 Å². The first-order valence-electron chi connectivity index (χ1n) is 10.7. The summed E-state index contributed by atoms with van der Waals surface area (Å²) in [6.07, 6.45) is -4.63. The highest BCUT2D eigenvalue weighted by Crippen LogP contribution is 2.41. The summed E-state index contributed by atoms with van der Waals surface area (Å²) in [6, 6.07) is 13.4. The monoisotopic (exact) mass is 577 g/mol. The van der Waals surface area contributed by atoms with Gasteiger partial charge in [-0.05, 0) is 48.5 Å². The van der Waals surface area contributed by atoms with Crippen LogP contribution in [-0.2, 0) is 22.7 Å². The van der Waals surface area contributed by atoms with Crippen molar-refractivity contribution in [3.8, 4) is 0 Å². The van der Waals surface area contributed by atoms with Crippen LogP contribution in [0.3, 0.4) is 0 Å². The largest absolute Gasteiger partial charge is 0.419 e. The normalized spacial score (nSPS) is 15.2. The Hall–Kier alpha value is -2.31. The maximum atomic E-state index is 13.5. The molecule has 2 aromatic carbocycles. The quantitative estimate of drug-likeness (QED) is 0.419. The number of hydrogen-bond acceptors (Lipinski definition) is 5. The minimum atomic E-state index is -4.63. The number of thiophene rings is 1. The number of amides is 1. The molecule has 1 aliphatic rings. The molecule has 4 rings (SSSR count). The number of nitrogens with zero attached hydrogens (tertiary/aromatic N) is 2. The molecule has 0 aliphatic carbocycles. The average Bonchev–Trinajstić information content (AvgIpc) is 3.32. The fourth-order valence-corrected chi connectivity index (χ4v) is 7.09. The van der Waals surface area contributed by atoms with Crippen molar-refractivity contribution >= 4 is 56.2 Å². The summed E-state index contributed by atoms with van der Waals surface area (Å²) in [5, 5.41) is 2.84. The molecule has 1 N–H and O–H groups in total. The Bertz CT molecular complexity index is 1350. The zero-order valence-electron chi connectivity index (χ0n) is 18.6. The summed E-state index contributed by atoms with van der Waals surface area (Å²) >= 11 is 12.7. The van der Waals surface area contributed by atoms with Crippen molar-refractivity contribution in [2.24, 2.45) is 0 Å². The highest BCUT2D eigenvalue weighted by Gasteiger charge is 2.38. The van der Waals surface area contributed by atoms with Gasteiger partial charge in [0.1, 0.15) is 4.21 Å². The van der Waals surface area contributed by atoms with Crippen molar-refractivity contribution < 1.29 is 26.4 Å². The molecule has 1 saturated heterocycles. The van der Waals surface area contributed by atoms with Crippen molar-refractivity contribution in [3.05, 3.63) is 80.6 Å². The zero-order chi connectivity index (χ0) is 26.1. The molecule has 0 spiro atoms. The molecule has 0 saturated carbocycles. The van der Waals surface area contributed by atoms with Crippen LogP contribution in [0, 0.1) is 0 Å². The smallest absolute Gasteiger partial charge is 0.368 e. The van der Waals surface area contributed by atoms with Crippen molar-refractivity contribution in [2.45, 2.75) is 16.9 Å². The molecule has 1 aliphatic heterocycles. The topological polar surface area (TPSA) is 69.7 Å². The molecule has 13 heteroatoms. The summed E-state index contributed by atoms with van der Waals surface area (Å²) in [5.74, 6) is -0.320. The van der Waals surface area contributed by atoms with E-state index in [2.05, 4.69) is 5.32 Å². The van der Waals surface area contributed by atoms with Crippen molar-refractivity contribution in [1.82, 2.24) is 9.62 Å². The number of anilines is 1. The van der Waals surface area contributed by atoms with Crippen LogP contribution in [0.15, 0.2) is 58.8 Å². The minimum Gasteiger partial charge on any atom is -0.368 e. The highest BCUT2D eigenvalue weighted by molar-refractivity contribution is 7.91. The molecule has 0 unspecified atom stereocenters. The number of nitrogens with one attached hydrogen (secondary N) is 1. The summed E-state index contributed by atoms with van der Waals surface area (Å²) < 4.78 is 68.2. The molecule has 1 aromatic heterocycles. The third-order valence-electron chi connectivity index (χ3n) is 5.62. The third kappa shape index (κ3) is 5.81. The van der Waals surface area contributed by atoms with E-state index in [4.69, 9.17) is 23.2 Å². The maximum absolute atomic E-state index is 13.5. The van der Waals surface area contributed by atoms with Crippen molar-refractivity contribution in [2.75, 3.05) is 31.1 Å². The summed E-state index contributed by atoms with van der Waals surface area (Å²) in [5.41, 5.74) is -0.566. The molecule has 1 amide bonds. The molecule has 3 aromatic rings. The molecule has 0 atom stereocenters. The van der Waals surface area contributed by atoms with E-state index in [1.807, 2.05) is 0 Å². The Morgan fingerprint density at radius 1 is 0.972 bits per heavy atom. The van der Waals surface area contributed by atoms with Crippen LogP contribution in [0.25, 0.3) is 0 Å². The SMILES string of the molecule is O=C(NCc1ccc(S(=O)(=O)N2CCN(c3cccc(Cl)c3C(F)(F)F)CC2)s1)c1ccc(Cl)cc1. The van der Waals surface area contributed by atoms with E-state index in [-0.39, 0.29) is 48.5 Å². The molecule has 0 bridgehead atoms. The second kappa shape index (κ2) is 10.6. The van der Waals surface area contributed by atoms with Gasteiger partial charge in [-0.15, -0.1) is 11.3 Å². The second-order valence-electron chi connectivity index (χ2n) is 7.93. The van der Waals surface area contributed by atoms with Crippen LogP contribution < -0.4 is 10.2 Å². The van der Waals surface area contributed by atoms with Gasteiger partial charge in [0, 0.05) is 41.6 Å². The first kappa shape index (κ1) is 26.7. The van der Waals surface area contributed by atoms with Gasteiger partial charge in [-0.25, -0.2) is 8.42 Å². The second-order valence-corrected chi connectivity index (χ2v) is 12.1. The van der Waals surface area contributed by atoms with E-state index < -0.39 is 26.8 Å². The van der Waals surface area contributed by atoms with Crippen LogP contribution in [-0.4, -0.2) is 44.8 Å². The minimum absolute atomic E-state index is 0.0205. The molecule has 2 heterocycles. The van der Waals surface area contributed by atoms with Gasteiger partial charge in [0.05, 0.1) is 22.8 Å². The molecular formula is C23H20Cl2F3N3O3S2. The fraction of sp³-hybridized carbons (Fsp3) is 0.261. The number of rotatable bonds is 6. The Kier molecular flexibility index (Phi) is 7.86. The Morgan fingerprint density at radius 3 is 2.28 bits per heavy atom. The van der Waals surface area contributed by atoms with Gasteiger partial charge in [0.2, 0.25) is 0 Å². The van der Waals surface area contributed by atoms with Gasteiger partial charge >= 0.3 is 6.18 Å². The van der Waals surface area contributed by atoms with Gasteiger partial charge in [-0.1, -0.05) is 29.3 Å². The summed E-state index contributed by atoms with van der Waals surface area (Å²) in [6.45, 7) is 0.347. The molecule has 1 fully saturated rings. The van der Waals surface area contributed by atoms with Crippen LogP contribution in [0.4, 0.5) is 18.9 Å². The number of carbonyl (C=O) groups excluding carboxylic acids is 1. The highest BCUT2D eigenvalue weighted by atomic mass is 35.5. The van der Waals surface area contributed by atoms with Gasteiger partial charge in [-0.2, -0.15) is 17.5 Å². The lowest BCUT2D eigenvalue weighted by Gasteiger charge is -2.36. The summed E-state index contributed by atoms with van der Waals surface area (Å²) in [4.78, 5) is 14.4. The number of benzene rings is 2. The van der Waals surface area contributed by atoms with Gasteiger partial charge < -0.3 is 10.2 Å². The van der Waals surface area contributed by atoms with Gasteiger partial charge in [-0.3, -0.25) is 4.79 Å². The third-order valence-corrected chi connectivity index (χ3v) is 9.63. The molecular weight excluding hydrogens is 558 g/mol. The standard InChI is InChI=1S/C23H20Cl2F3N3O3S2/c24-16-6-4-15(5-7-16)22(32)29-14-17-8-9-20(35-17)36(33,34)31-12-10-30(11-13-31)19-3-1-2-18(25)21(19)23(26,27)28/h1-9H,10-14H2,(H,29,32). The van der Waals surface area contributed by atoms with Crippen LogP contribution in [0.2, 0.25) is 10.0 Å². The van der Waals surface area contributed by atoms with Crippen LogP contribution >= 0.6 is 34.5 Å². The number of carbonyl (C=O) groups is 1. The number of alkyl halides is 3. The average molecular weight is 578 g/mol. The predicted molar refractivity (Wildman–Crippen MR) is 134 cm³/mol. The van der Waals surface area contributed by atoms with Crippen LogP contribution in [0.1, 0.15) is 20.8 Å². The predicted octanol–water partition coefficient (Wildman–Crippen LogP) is 5.51. The number of hydrogen-bond donors (Lipinski definition) is 1. The number of piperazine rings is 1. The lowest BCUT2D eigenvalue weighted by molar-refractivity contribution is -0.137. The molecule has 36 heavy (non-hydrogen) atoms. The lowest BCUT2D eigenvalue weighted by atomic mass is 10.1. The van der Waals surface area contributed by atoms with E-state index in [1.54, 1.807) is 30.3 Å². The van der Waals surface area contributed by atoms with E-state index in [0.29, 0.717) is 15.5 Å². The first-order chi connectivity index (χ1) is 17.0. The molecule has 192 valence electrons. The fourth-order valence-electron chi connectivity index (χ4n) is 3.82. The van der Waals surface area contributed by atoms with Crippen molar-refractivity contribution in [1.29, 1.82) is 0 Å². The number of halogens is 5. The maximum Gasteiger partial charge on any atom is 0.419 e. The van der Waals surface area contributed by atoms with E-state index >= 15 is 0 Å². The van der Waals surface area contributed by atoms with Gasteiger partial charge in [0.25, 0.3) is 15.9 Å². The van der Waals surface area contributed by atoms with E-state index in [9.17, 15) is 26.4 Å². The lowest BCUT2D eigenvalue weighted by Crippen LogP contribution is -2.49. The molecule has 0 radical (unpaired) electrons. The van der Waals surface area contributed by atoms with E-state index in [1.165, 1.54) is 33.5 Å². The van der Waals surface area contributed by atoms with Gasteiger partial charge in [0.15, 0.2) is 0 Å². The van der Waals surface area contributed by atoms with Crippen LogP contribution in [0.5, 0.6) is 0 Å². The Morgan fingerprint density at radius 2 is 1.64 bits per heavy atom. The molecule has 6 nitrogen and oxygen atoms in total. The zero-order valence-corrected chi connectivity index (χ0v) is 21.7. The summed E-state index contributed by atoms with van der Waals surface area (Å²) in [7, 11) is -3.84. The Labute approximate surface area is 220 Å². The first-order valence-corrected chi connectivity index (χ1v) is 13.7. The Balaban J connectivity index is 1.40. The van der Waals surface area contributed by atoms with E-state index in [0.717, 1.165) is 11.3 Å². The number of sulfonamides is 1.